The zero-order valence-electron chi connectivity index (χ0n) is 14.5. The fourth-order valence-corrected chi connectivity index (χ4v) is 3.03. The summed E-state index contributed by atoms with van der Waals surface area (Å²) in [6, 6.07) is 0.244. The zero-order chi connectivity index (χ0) is 15.6. The number of ether oxygens (including phenoxy) is 2. The summed E-state index contributed by atoms with van der Waals surface area (Å²) in [6.07, 6.45) is 2.28. The van der Waals surface area contributed by atoms with Gasteiger partial charge in [0.15, 0.2) is 0 Å². The first-order valence-corrected chi connectivity index (χ1v) is 8.06. The molecule has 0 aromatic heterocycles. The molecule has 2 aliphatic heterocycles. The van der Waals surface area contributed by atoms with Crippen molar-refractivity contribution in [3.8, 4) is 0 Å². The monoisotopic (exact) mass is 317 g/mol. The smallest absolute Gasteiger partial charge is 0.0630 e. The summed E-state index contributed by atoms with van der Waals surface area (Å²) in [4.78, 5) is 0. The average Bonchev–Trinajstić information content (AvgIpc) is 2.30. The molecule has 0 aromatic carbocycles. The molecule has 0 spiro atoms. The second-order valence-electron chi connectivity index (χ2n) is 8.15. The molecular formula is C19H43NO2. The highest BCUT2D eigenvalue weighted by molar-refractivity contribution is 4.83. The Balaban J connectivity index is 0. The molecule has 0 aromatic rings. The predicted octanol–water partition coefficient (Wildman–Crippen LogP) is 4.88. The van der Waals surface area contributed by atoms with Crippen LogP contribution in [-0.4, -0.2) is 30.5 Å². The molecule has 4 atom stereocenters. The molecule has 0 bridgehead atoms. The number of hydrogen-bond acceptors (Lipinski definition) is 3. The summed E-state index contributed by atoms with van der Waals surface area (Å²) in [6.45, 7) is 17.0. The second kappa shape index (κ2) is 9.24. The van der Waals surface area contributed by atoms with Crippen LogP contribution in [0.1, 0.15) is 76.2 Å². The number of hydrogen-bond donors (Lipinski definition) is 1. The van der Waals surface area contributed by atoms with Crippen LogP contribution in [0.5, 0.6) is 0 Å². The Labute approximate surface area is 140 Å². The van der Waals surface area contributed by atoms with Gasteiger partial charge in [-0.05, 0) is 58.3 Å². The van der Waals surface area contributed by atoms with E-state index < -0.39 is 0 Å². The fourth-order valence-electron chi connectivity index (χ4n) is 3.03. The summed E-state index contributed by atoms with van der Waals surface area (Å²) in [7, 11) is 0. The van der Waals surface area contributed by atoms with Crippen molar-refractivity contribution in [1.29, 1.82) is 0 Å². The summed E-state index contributed by atoms with van der Waals surface area (Å²) < 4.78 is 11.2. The highest BCUT2D eigenvalue weighted by Gasteiger charge is 2.31. The van der Waals surface area contributed by atoms with E-state index in [2.05, 4.69) is 48.5 Å². The third-order valence-corrected chi connectivity index (χ3v) is 4.73. The molecule has 0 aliphatic carbocycles. The molecule has 2 rings (SSSR count). The largest absolute Gasteiger partial charge is 0.375 e. The van der Waals surface area contributed by atoms with Crippen LogP contribution in [0.25, 0.3) is 0 Å². The average molecular weight is 318 g/mol. The molecule has 3 nitrogen and oxygen atoms in total. The third-order valence-electron chi connectivity index (χ3n) is 4.73. The van der Waals surface area contributed by atoms with Gasteiger partial charge in [-0.1, -0.05) is 35.6 Å². The minimum absolute atomic E-state index is 0. The van der Waals surface area contributed by atoms with E-state index in [1.807, 2.05) is 0 Å². The van der Waals surface area contributed by atoms with Crippen molar-refractivity contribution in [3.05, 3.63) is 0 Å². The van der Waals surface area contributed by atoms with Crippen LogP contribution in [-0.2, 0) is 9.47 Å². The minimum atomic E-state index is 0. The molecule has 0 radical (unpaired) electrons. The van der Waals surface area contributed by atoms with E-state index in [1.54, 1.807) is 0 Å². The second-order valence-corrected chi connectivity index (χ2v) is 8.15. The van der Waals surface area contributed by atoms with Gasteiger partial charge in [-0.3, -0.25) is 0 Å². The van der Waals surface area contributed by atoms with Gasteiger partial charge < -0.3 is 15.2 Å². The number of rotatable bonds is 0. The maximum absolute atomic E-state index is 5.77. The van der Waals surface area contributed by atoms with Crippen LogP contribution < -0.4 is 5.73 Å². The van der Waals surface area contributed by atoms with E-state index in [1.165, 1.54) is 6.42 Å². The molecule has 136 valence electrons. The van der Waals surface area contributed by atoms with Crippen LogP contribution >= 0.6 is 0 Å². The van der Waals surface area contributed by atoms with Crippen LogP contribution in [0.15, 0.2) is 0 Å². The Morgan fingerprint density at radius 2 is 1.14 bits per heavy atom. The molecule has 22 heavy (non-hydrogen) atoms. The molecule has 3 heteroatoms. The van der Waals surface area contributed by atoms with Gasteiger partial charge in [0.2, 0.25) is 0 Å². The quantitative estimate of drug-likeness (QED) is 0.692. The molecule has 2 N–H and O–H groups in total. The van der Waals surface area contributed by atoms with Gasteiger partial charge in [-0.15, -0.1) is 0 Å². The van der Waals surface area contributed by atoms with Gasteiger partial charge in [-0.2, -0.15) is 0 Å². The Hall–Kier alpha value is -0.120. The van der Waals surface area contributed by atoms with E-state index in [0.717, 1.165) is 24.9 Å². The fraction of sp³-hybridized carbons (Fsp3) is 1.00. The van der Waals surface area contributed by atoms with Crippen LogP contribution in [0.4, 0.5) is 0 Å². The first-order valence-electron chi connectivity index (χ1n) is 8.06. The maximum atomic E-state index is 5.77. The summed E-state index contributed by atoms with van der Waals surface area (Å²) >= 11 is 0. The first kappa shape index (κ1) is 24.1. The lowest BCUT2D eigenvalue weighted by molar-refractivity contribution is -0.0944. The van der Waals surface area contributed by atoms with E-state index >= 15 is 0 Å². The Morgan fingerprint density at radius 1 is 0.727 bits per heavy atom. The molecule has 2 saturated heterocycles. The van der Waals surface area contributed by atoms with Crippen LogP contribution in [0, 0.1) is 17.8 Å². The van der Waals surface area contributed by atoms with E-state index in [4.69, 9.17) is 15.2 Å². The highest BCUT2D eigenvalue weighted by atomic mass is 16.5. The summed E-state index contributed by atoms with van der Waals surface area (Å²) in [5.41, 5.74) is 5.96. The lowest BCUT2D eigenvalue weighted by Gasteiger charge is -2.37. The summed E-state index contributed by atoms with van der Waals surface area (Å²) in [5.74, 6) is 2.17. The first-order chi connectivity index (χ1) is 9.02. The van der Waals surface area contributed by atoms with Crippen molar-refractivity contribution >= 4 is 0 Å². The molecule has 2 heterocycles. The lowest BCUT2D eigenvalue weighted by Crippen LogP contribution is -2.46. The van der Waals surface area contributed by atoms with Crippen molar-refractivity contribution in [2.24, 2.45) is 23.5 Å². The molecule has 0 unspecified atom stereocenters. The van der Waals surface area contributed by atoms with Crippen molar-refractivity contribution < 1.29 is 9.47 Å². The maximum Gasteiger partial charge on any atom is 0.0630 e. The van der Waals surface area contributed by atoms with Crippen molar-refractivity contribution in [2.75, 3.05) is 13.2 Å². The Morgan fingerprint density at radius 3 is 1.45 bits per heavy atom. The molecule has 0 saturated carbocycles. The minimum Gasteiger partial charge on any atom is -0.375 e. The topological polar surface area (TPSA) is 44.5 Å². The molecule has 2 fully saturated rings. The van der Waals surface area contributed by atoms with E-state index in [0.29, 0.717) is 12.5 Å². The van der Waals surface area contributed by atoms with Gasteiger partial charge in [-0.25, -0.2) is 0 Å². The van der Waals surface area contributed by atoms with Crippen LogP contribution in [0.2, 0.25) is 0 Å². The van der Waals surface area contributed by atoms with Crippen molar-refractivity contribution in [1.82, 2.24) is 0 Å². The number of nitrogens with two attached hydrogens (primary N) is 1. The van der Waals surface area contributed by atoms with Gasteiger partial charge in [0.25, 0.3) is 0 Å². The Kier molecular flexibility index (Phi) is 10.1. The van der Waals surface area contributed by atoms with Crippen molar-refractivity contribution in [2.45, 2.75) is 93.4 Å². The SMILES string of the molecule is C.C.C[C@@H]1COC(C)(C)C[C@@H]1C.C[C@H]1CC(C)(C)OC[C@H]1N. The van der Waals surface area contributed by atoms with E-state index in [9.17, 15) is 0 Å². The van der Waals surface area contributed by atoms with E-state index in [-0.39, 0.29) is 32.1 Å². The van der Waals surface area contributed by atoms with Crippen molar-refractivity contribution in [3.63, 3.8) is 0 Å². The third kappa shape index (κ3) is 7.94. The summed E-state index contributed by atoms with van der Waals surface area (Å²) in [5, 5.41) is 0. The van der Waals surface area contributed by atoms with Gasteiger partial charge in [0.05, 0.1) is 24.4 Å². The van der Waals surface area contributed by atoms with Gasteiger partial charge >= 0.3 is 0 Å². The predicted molar refractivity (Wildman–Crippen MR) is 98.2 cm³/mol. The molecular weight excluding hydrogens is 274 g/mol. The highest BCUT2D eigenvalue weighted by Crippen LogP contribution is 2.31. The lowest BCUT2D eigenvalue weighted by atomic mass is 9.83. The molecule has 2 aliphatic rings. The molecule has 0 amide bonds. The van der Waals surface area contributed by atoms with Gasteiger partial charge in [0, 0.05) is 6.04 Å². The standard InChI is InChI=1S/C9H18O.C8H17NO.2CH4/c1-7-5-9(3,4)10-6-8(7)2;1-6-4-8(2,3)10-5-7(6)9;;/h7-8H,5-6H2,1-4H3;6-7H,4-5,9H2,1-3H3;2*1H4/t7-,8+;6-,7+;;/m00../s1. The zero-order valence-corrected chi connectivity index (χ0v) is 14.5. The van der Waals surface area contributed by atoms with Crippen LogP contribution in [0.3, 0.4) is 0 Å². The van der Waals surface area contributed by atoms with Gasteiger partial charge in [0.1, 0.15) is 0 Å². The Bertz CT molecular complexity index is 272. The normalized spacial score (nSPS) is 36.0.